The van der Waals surface area contributed by atoms with Crippen LogP contribution in [-0.2, 0) is 21.9 Å². The zero-order valence-corrected chi connectivity index (χ0v) is 16.7. The van der Waals surface area contributed by atoms with Crippen LogP contribution in [0.15, 0.2) is 78.9 Å². The average Bonchev–Trinajstić information content (AvgIpc) is 2.74. The van der Waals surface area contributed by atoms with Crippen molar-refractivity contribution in [3.63, 3.8) is 0 Å². The van der Waals surface area contributed by atoms with Gasteiger partial charge in [0.15, 0.2) is 0 Å². The van der Waals surface area contributed by atoms with E-state index in [4.69, 9.17) is 0 Å². The van der Waals surface area contributed by atoms with Crippen LogP contribution in [-0.4, -0.2) is 11.8 Å². The number of carbonyl (C=O) groups is 2. The van der Waals surface area contributed by atoms with Crippen molar-refractivity contribution >= 4 is 23.2 Å². The number of carbonyl (C=O) groups excluding carboxylic acids is 2. The molecule has 0 aliphatic carbocycles. The smallest absolute Gasteiger partial charge is 0.325 e. The number of nitrogens with one attached hydrogen (secondary N) is 2. The van der Waals surface area contributed by atoms with E-state index >= 15 is 0 Å². The Kier molecular flexibility index (Phi) is 6.75. The maximum atomic E-state index is 13.3. The molecule has 3 rings (SSSR count). The van der Waals surface area contributed by atoms with E-state index in [0.29, 0.717) is 0 Å². The third-order valence-corrected chi connectivity index (χ3v) is 4.64. The summed E-state index contributed by atoms with van der Waals surface area (Å²) in [6.07, 6.45) is -9.56. The first-order valence-corrected chi connectivity index (χ1v) is 9.47. The molecule has 2 N–H and O–H groups in total. The number of halogens is 6. The molecular formula is C23H16F6N2O2. The quantitative estimate of drug-likeness (QED) is 0.354. The van der Waals surface area contributed by atoms with Gasteiger partial charge in [-0.05, 0) is 29.8 Å². The van der Waals surface area contributed by atoms with Gasteiger partial charge in [-0.1, -0.05) is 54.6 Å². The molecule has 33 heavy (non-hydrogen) atoms. The molecule has 0 radical (unpaired) electrons. The summed E-state index contributed by atoms with van der Waals surface area (Å²) in [6, 6.07) is 15.6. The van der Waals surface area contributed by atoms with Gasteiger partial charge in [0.25, 0.3) is 0 Å². The minimum absolute atomic E-state index is 0.0847. The number of benzene rings is 3. The van der Waals surface area contributed by atoms with E-state index in [-0.39, 0.29) is 5.56 Å². The van der Waals surface area contributed by atoms with Gasteiger partial charge in [-0.25, -0.2) is 0 Å². The number of amides is 2. The van der Waals surface area contributed by atoms with Gasteiger partial charge in [0.2, 0.25) is 11.8 Å². The molecule has 0 heterocycles. The highest BCUT2D eigenvalue weighted by molar-refractivity contribution is 6.15. The first kappa shape index (κ1) is 23.8. The van der Waals surface area contributed by atoms with Gasteiger partial charge in [-0.15, -0.1) is 0 Å². The lowest BCUT2D eigenvalue weighted by atomic mass is 9.96. The normalized spacial score (nSPS) is 11.8. The van der Waals surface area contributed by atoms with E-state index in [1.54, 1.807) is 6.07 Å². The Hall–Kier alpha value is -3.82. The van der Waals surface area contributed by atoms with E-state index in [1.165, 1.54) is 36.4 Å². The number of alkyl halides is 6. The molecule has 0 aliphatic heterocycles. The van der Waals surface area contributed by atoms with Crippen molar-refractivity contribution in [2.24, 2.45) is 0 Å². The zero-order chi connectivity index (χ0) is 24.2. The molecule has 4 nitrogen and oxygen atoms in total. The number of hydrogen-bond donors (Lipinski definition) is 2. The molecule has 0 unspecified atom stereocenters. The summed E-state index contributed by atoms with van der Waals surface area (Å²) in [5.74, 6) is -4.01. The van der Waals surface area contributed by atoms with Crippen molar-refractivity contribution in [3.05, 3.63) is 95.6 Å². The Morgan fingerprint density at radius 2 is 0.939 bits per heavy atom. The highest BCUT2D eigenvalue weighted by Crippen LogP contribution is 2.36. The van der Waals surface area contributed by atoms with Gasteiger partial charge in [-0.2, -0.15) is 26.3 Å². The minimum atomic E-state index is -4.78. The molecule has 3 aromatic rings. The second-order valence-electron chi connectivity index (χ2n) is 6.91. The van der Waals surface area contributed by atoms with Crippen molar-refractivity contribution in [2.45, 2.75) is 18.3 Å². The lowest BCUT2D eigenvalue weighted by molar-refractivity contribution is -0.137. The fourth-order valence-corrected chi connectivity index (χ4v) is 3.16. The predicted octanol–water partition coefficient (Wildman–Crippen LogP) is 6.09. The van der Waals surface area contributed by atoms with Crippen LogP contribution in [0.25, 0.3) is 0 Å². The lowest BCUT2D eigenvalue weighted by Gasteiger charge is -2.20. The zero-order valence-electron chi connectivity index (χ0n) is 16.7. The Bertz CT molecular complexity index is 1070. The van der Waals surface area contributed by atoms with Crippen molar-refractivity contribution in [1.82, 2.24) is 0 Å². The second-order valence-corrected chi connectivity index (χ2v) is 6.91. The number of anilines is 2. The van der Waals surface area contributed by atoms with Crippen LogP contribution >= 0.6 is 0 Å². The molecule has 0 saturated heterocycles. The van der Waals surface area contributed by atoms with Crippen LogP contribution in [0.3, 0.4) is 0 Å². The maximum Gasteiger partial charge on any atom is 0.418 e. The summed E-state index contributed by atoms with van der Waals surface area (Å²) < 4.78 is 79.7. The highest BCUT2D eigenvalue weighted by atomic mass is 19.4. The Labute approximate surface area is 184 Å². The van der Waals surface area contributed by atoms with Crippen molar-refractivity contribution in [2.75, 3.05) is 10.6 Å². The third kappa shape index (κ3) is 5.71. The monoisotopic (exact) mass is 466 g/mol. The van der Waals surface area contributed by atoms with E-state index in [9.17, 15) is 35.9 Å². The third-order valence-electron chi connectivity index (χ3n) is 4.64. The van der Waals surface area contributed by atoms with E-state index < -0.39 is 52.6 Å². The molecule has 10 heteroatoms. The summed E-state index contributed by atoms with van der Waals surface area (Å²) in [5, 5.41) is 4.17. The number of para-hydroxylation sites is 2. The summed E-state index contributed by atoms with van der Waals surface area (Å²) in [7, 11) is 0. The first-order valence-electron chi connectivity index (χ1n) is 9.47. The van der Waals surface area contributed by atoms with E-state index in [0.717, 1.165) is 36.4 Å². The highest BCUT2D eigenvalue weighted by Gasteiger charge is 2.37. The van der Waals surface area contributed by atoms with Gasteiger partial charge in [0.1, 0.15) is 5.92 Å². The first-order chi connectivity index (χ1) is 15.5. The average molecular weight is 466 g/mol. The molecule has 0 spiro atoms. The summed E-state index contributed by atoms with van der Waals surface area (Å²) in [4.78, 5) is 25.9. The SMILES string of the molecule is O=C(Nc1ccccc1C(F)(F)F)C(C(=O)Nc1ccccc1C(F)(F)F)c1ccccc1. The fourth-order valence-electron chi connectivity index (χ4n) is 3.16. The standard InChI is InChI=1S/C23H16F6N2O2/c24-22(25,26)15-10-4-6-12-17(15)30-20(32)19(14-8-2-1-3-9-14)21(33)31-18-13-7-5-11-16(18)23(27,28)29/h1-13,19H,(H,30,32)(H,31,33). The molecule has 2 amide bonds. The van der Waals surface area contributed by atoms with Crippen LogP contribution in [0.2, 0.25) is 0 Å². The summed E-state index contributed by atoms with van der Waals surface area (Å²) in [6.45, 7) is 0. The minimum Gasteiger partial charge on any atom is -0.325 e. The van der Waals surface area contributed by atoms with Crippen LogP contribution in [0.5, 0.6) is 0 Å². The molecular weight excluding hydrogens is 450 g/mol. The fraction of sp³-hybridized carbons (Fsp3) is 0.130. The molecule has 0 saturated carbocycles. The Morgan fingerprint density at radius 3 is 1.33 bits per heavy atom. The van der Waals surface area contributed by atoms with Crippen LogP contribution in [0.1, 0.15) is 22.6 Å². The van der Waals surface area contributed by atoms with Crippen molar-refractivity contribution < 1.29 is 35.9 Å². The number of rotatable bonds is 5. The van der Waals surface area contributed by atoms with Gasteiger partial charge in [0, 0.05) is 0 Å². The van der Waals surface area contributed by atoms with Crippen LogP contribution < -0.4 is 10.6 Å². The molecule has 0 atom stereocenters. The van der Waals surface area contributed by atoms with Crippen LogP contribution in [0.4, 0.5) is 37.7 Å². The predicted molar refractivity (Wildman–Crippen MR) is 109 cm³/mol. The van der Waals surface area contributed by atoms with Gasteiger partial charge in [0.05, 0.1) is 22.5 Å². The van der Waals surface area contributed by atoms with E-state index in [1.807, 2.05) is 0 Å². The van der Waals surface area contributed by atoms with Crippen molar-refractivity contribution in [1.29, 1.82) is 0 Å². The number of hydrogen-bond acceptors (Lipinski definition) is 2. The summed E-state index contributed by atoms with van der Waals surface area (Å²) in [5.41, 5.74) is -3.35. The molecule has 0 aromatic heterocycles. The Morgan fingerprint density at radius 1 is 0.576 bits per heavy atom. The molecule has 0 aliphatic rings. The largest absolute Gasteiger partial charge is 0.418 e. The lowest BCUT2D eigenvalue weighted by Crippen LogP contribution is -2.33. The van der Waals surface area contributed by atoms with Crippen molar-refractivity contribution in [3.8, 4) is 0 Å². The Balaban J connectivity index is 1.96. The molecule has 0 bridgehead atoms. The summed E-state index contributed by atoms with van der Waals surface area (Å²) >= 11 is 0. The molecule has 0 fully saturated rings. The van der Waals surface area contributed by atoms with Gasteiger partial charge in [-0.3, -0.25) is 9.59 Å². The van der Waals surface area contributed by atoms with E-state index in [2.05, 4.69) is 10.6 Å². The second kappa shape index (κ2) is 9.35. The topological polar surface area (TPSA) is 58.2 Å². The molecule has 3 aromatic carbocycles. The molecule has 172 valence electrons. The van der Waals surface area contributed by atoms with Crippen LogP contribution in [0, 0.1) is 0 Å². The maximum absolute atomic E-state index is 13.3. The van der Waals surface area contributed by atoms with Gasteiger partial charge >= 0.3 is 12.4 Å². The van der Waals surface area contributed by atoms with Gasteiger partial charge < -0.3 is 10.6 Å².